The summed E-state index contributed by atoms with van der Waals surface area (Å²) in [6.45, 7) is 3.96. The highest BCUT2D eigenvalue weighted by Crippen LogP contribution is 2.17. The number of sulfonamides is 1. The Morgan fingerprint density at radius 3 is 2.19 bits per heavy atom. The molecule has 168 valence electrons. The van der Waals surface area contributed by atoms with Gasteiger partial charge in [0.15, 0.2) is 0 Å². The number of methoxy groups -OCH3 is 1. The average Bonchev–Trinajstić information content (AvgIpc) is 2.76. The van der Waals surface area contributed by atoms with Gasteiger partial charge < -0.3 is 15.4 Å². The first kappa shape index (κ1) is 24.4. The van der Waals surface area contributed by atoms with Crippen LogP contribution in [0.1, 0.15) is 35.3 Å². The van der Waals surface area contributed by atoms with Gasteiger partial charge in [0.2, 0.25) is 15.9 Å². The zero-order chi connectivity index (χ0) is 23.0. The zero-order valence-corrected chi connectivity index (χ0v) is 19.0. The summed E-state index contributed by atoms with van der Waals surface area (Å²) in [5.74, 6) is -0.502. The van der Waals surface area contributed by atoms with Crippen LogP contribution in [0.25, 0.3) is 0 Å². The van der Waals surface area contributed by atoms with Crippen LogP contribution in [0.3, 0.4) is 0 Å². The van der Waals surface area contributed by atoms with E-state index in [0.29, 0.717) is 16.9 Å². The Hall–Kier alpha value is -2.91. The summed E-state index contributed by atoms with van der Waals surface area (Å²) in [7, 11) is -0.484. The lowest BCUT2D eigenvalue weighted by Crippen LogP contribution is -2.49. The van der Waals surface area contributed by atoms with Gasteiger partial charge in [0, 0.05) is 6.54 Å². The van der Waals surface area contributed by atoms with Crippen molar-refractivity contribution in [2.75, 3.05) is 14.2 Å². The number of rotatable bonds is 10. The maximum absolute atomic E-state index is 12.7. The second-order valence-corrected chi connectivity index (χ2v) is 9.32. The van der Waals surface area contributed by atoms with E-state index in [9.17, 15) is 18.0 Å². The van der Waals surface area contributed by atoms with Crippen LogP contribution in [0.15, 0.2) is 48.5 Å². The molecule has 0 fully saturated rings. The van der Waals surface area contributed by atoms with E-state index in [0.717, 1.165) is 5.56 Å². The van der Waals surface area contributed by atoms with E-state index in [-0.39, 0.29) is 30.0 Å². The Balaban J connectivity index is 2.00. The molecule has 1 atom stereocenters. The molecule has 2 amide bonds. The number of hydrogen-bond acceptors (Lipinski definition) is 5. The highest BCUT2D eigenvalue weighted by molar-refractivity contribution is 7.88. The molecule has 0 spiro atoms. The first-order chi connectivity index (χ1) is 14.7. The van der Waals surface area contributed by atoms with Gasteiger partial charge in [-0.05, 0) is 36.2 Å². The zero-order valence-electron chi connectivity index (χ0n) is 18.1. The van der Waals surface area contributed by atoms with Crippen LogP contribution in [-0.4, -0.2) is 40.4 Å². The highest BCUT2D eigenvalue weighted by Gasteiger charge is 2.25. The lowest BCUT2D eigenvalue weighted by atomic mass is 10.0. The summed E-state index contributed by atoms with van der Waals surface area (Å²) in [6, 6.07) is 13.0. The molecule has 0 radical (unpaired) electrons. The molecule has 0 heterocycles. The first-order valence-electron chi connectivity index (χ1n) is 9.87. The molecule has 0 aliphatic heterocycles. The fraction of sp³-hybridized carbons (Fsp3) is 0.364. The molecule has 31 heavy (non-hydrogen) atoms. The molecule has 0 aliphatic carbocycles. The Morgan fingerprint density at radius 1 is 1.00 bits per heavy atom. The average molecular weight is 448 g/mol. The molecule has 8 nitrogen and oxygen atoms in total. The molecule has 0 aromatic heterocycles. The van der Waals surface area contributed by atoms with Crippen molar-refractivity contribution in [2.45, 2.75) is 32.2 Å². The first-order valence-corrected chi connectivity index (χ1v) is 11.5. The van der Waals surface area contributed by atoms with E-state index >= 15 is 0 Å². The number of nitrogens with one attached hydrogen (secondary N) is 3. The number of ether oxygens (including phenoxy) is 1. The predicted molar refractivity (Wildman–Crippen MR) is 119 cm³/mol. The van der Waals surface area contributed by atoms with Gasteiger partial charge in [-0.3, -0.25) is 9.59 Å². The summed E-state index contributed by atoms with van der Waals surface area (Å²) in [4.78, 5) is 25.4. The van der Waals surface area contributed by atoms with Gasteiger partial charge in [0.25, 0.3) is 5.91 Å². The van der Waals surface area contributed by atoms with Crippen LogP contribution in [0.2, 0.25) is 0 Å². The van der Waals surface area contributed by atoms with Crippen LogP contribution < -0.4 is 20.1 Å². The van der Waals surface area contributed by atoms with Gasteiger partial charge in [-0.25, -0.2) is 13.1 Å². The highest BCUT2D eigenvalue weighted by atomic mass is 32.2. The minimum atomic E-state index is -3.34. The van der Waals surface area contributed by atoms with Gasteiger partial charge in [-0.1, -0.05) is 50.2 Å². The molecule has 0 saturated carbocycles. The van der Waals surface area contributed by atoms with E-state index in [1.807, 2.05) is 13.8 Å². The third-order valence-electron chi connectivity index (χ3n) is 4.74. The van der Waals surface area contributed by atoms with Gasteiger partial charge in [0.1, 0.15) is 11.8 Å². The minimum absolute atomic E-state index is 0.111. The van der Waals surface area contributed by atoms with E-state index in [4.69, 9.17) is 4.74 Å². The van der Waals surface area contributed by atoms with E-state index in [1.54, 1.807) is 48.5 Å². The quantitative estimate of drug-likeness (QED) is 0.514. The topological polar surface area (TPSA) is 114 Å². The van der Waals surface area contributed by atoms with E-state index in [2.05, 4.69) is 15.4 Å². The summed E-state index contributed by atoms with van der Waals surface area (Å²) in [6.07, 6.45) is 0. The summed E-state index contributed by atoms with van der Waals surface area (Å²) >= 11 is 0. The van der Waals surface area contributed by atoms with Crippen molar-refractivity contribution in [3.63, 3.8) is 0 Å². The van der Waals surface area contributed by atoms with Gasteiger partial charge in [-0.2, -0.15) is 0 Å². The van der Waals surface area contributed by atoms with Crippen LogP contribution in [0, 0.1) is 5.92 Å². The van der Waals surface area contributed by atoms with Crippen molar-refractivity contribution in [2.24, 2.45) is 5.92 Å². The normalized spacial score (nSPS) is 12.3. The molecular formula is C22H29N3O5S. The molecule has 2 aromatic carbocycles. The van der Waals surface area contributed by atoms with Crippen molar-refractivity contribution in [3.8, 4) is 5.75 Å². The van der Waals surface area contributed by atoms with Crippen LogP contribution in [0.5, 0.6) is 5.75 Å². The lowest BCUT2D eigenvalue weighted by Gasteiger charge is -2.22. The number of para-hydroxylation sites is 1. The monoisotopic (exact) mass is 447 g/mol. The van der Waals surface area contributed by atoms with Crippen LogP contribution >= 0.6 is 0 Å². The van der Waals surface area contributed by atoms with Crippen LogP contribution in [0.4, 0.5) is 0 Å². The maximum atomic E-state index is 12.7. The number of amides is 2. The van der Waals surface area contributed by atoms with Gasteiger partial charge in [0.05, 0.1) is 18.4 Å². The molecular weight excluding hydrogens is 418 g/mol. The molecule has 2 aromatic rings. The third-order valence-corrected chi connectivity index (χ3v) is 6.08. The minimum Gasteiger partial charge on any atom is -0.496 e. The van der Waals surface area contributed by atoms with Crippen molar-refractivity contribution < 1.29 is 22.7 Å². The predicted octanol–water partition coefficient (Wildman–Crippen LogP) is 1.82. The molecule has 0 aliphatic rings. The summed E-state index contributed by atoms with van der Waals surface area (Å²) in [5, 5.41) is 5.61. The number of carbonyl (C=O) groups is 2. The molecule has 9 heteroatoms. The standard InChI is InChI=1S/C22H29N3O5S/c1-15(2)20(25-21(26)18-7-5-6-8-19(18)30-4)22(27)24-13-16-9-11-17(12-10-16)14-31(28,29)23-3/h5-12,15,20,23H,13-14H2,1-4H3,(H,24,27)(H,25,26)/t20-/m0/s1. The summed E-state index contributed by atoms with van der Waals surface area (Å²) < 4.78 is 30.7. The van der Waals surface area contributed by atoms with E-state index < -0.39 is 16.1 Å². The molecule has 2 rings (SSSR count). The van der Waals surface area contributed by atoms with Gasteiger partial charge >= 0.3 is 0 Å². The lowest BCUT2D eigenvalue weighted by molar-refractivity contribution is -0.124. The van der Waals surface area contributed by atoms with Gasteiger partial charge in [-0.15, -0.1) is 0 Å². The maximum Gasteiger partial charge on any atom is 0.255 e. The SMILES string of the molecule is CNS(=O)(=O)Cc1ccc(CNC(=O)[C@@H](NC(=O)c2ccccc2OC)C(C)C)cc1. The second-order valence-electron chi connectivity index (χ2n) is 7.39. The Kier molecular flexibility index (Phi) is 8.58. The largest absolute Gasteiger partial charge is 0.496 e. The summed E-state index contributed by atoms with van der Waals surface area (Å²) in [5.41, 5.74) is 1.82. The van der Waals surface area contributed by atoms with E-state index in [1.165, 1.54) is 14.2 Å². The fourth-order valence-electron chi connectivity index (χ4n) is 2.93. The molecule has 0 bridgehead atoms. The fourth-order valence-corrected chi connectivity index (χ4v) is 3.71. The molecule has 3 N–H and O–H groups in total. The number of carbonyl (C=O) groups excluding carboxylic acids is 2. The van der Waals surface area contributed by atoms with Crippen LogP contribution in [-0.2, 0) is 27.1 Å². The second kappa shape index (κ2) is 10.9. The number of hydrogen-bond donors (Lipinski definition) is 3. The smallest absolute Gasteiger partial charge is 0.255 e. The Morgan fingerprint density at radius 2 is 1.61 bits per heavy atom. The van der Waals surface area contributed by atoms with Crippen molar-refractivity contribution in [1.29, 1.82) is 0 Å². The van der Waals surface area contributed by atoms with Crippen molar-refractivity contribution >= 4 is 21.8 Å². The Bertz CT molecular complexity index is 1000. The molecule has 0 unspecified atom stereocenters. The number of benzene rings is 2. The third kappa shape index (κ3) is 7.08. The van der Waals surface area contributed by atoms with Crippen molar-refractivity contribution in [3.05, 3.63) is 65.2 Å². The molecule has 0 saturated heterocycles. The van der Waals surface area contributed by atoms with Crippen molar-refractivity contribution in [1.82, 2.24) is 15.4 Å². The Labute approximate surface area is 183 Å².